The summed E-state index contributed by atoms with van der Waals surface area (Å²) in [5.41, 5.74) is 0.935. The molecular formula is C21H29N3O4. The Morgan fingerprint density at radius 2 is 2.00 bits per heavy atom. The highest BCUT2D eigenvalue weighted by atomic mass is 16.5. The zero-order valence-electron chi connectivity index (χ0n) is 16.5. The number of hydrogen-bond donors (Lipinski definition) is 1. The molecule has 0 radical (unpaired) electrons. The molecule has 0 atom stereocenters. The normalized spacial score (nSPS) is 14.8. The number of methoxy groups -OCH3 is 1. The number of aromatic nitrogens is 1. The van der Waals surface area contributed by atoms with Crippen molar-refractivity contribution < 1.29 is 18.7 Å². The Bertz CT molecular complexity index is 724. The fourth-order valence-electron chi connectivity index (χ4n) is 3.14. The number of nitrogens with zero attached hydrogens (tertiary/aromatic N) is 2. The third kappa shape index (κ3) is 6.35. The van der Waals surface area contributed by atoms with E-state index >= 15 is 0 Å². The first-order chi connectivity index (χ1) is 13.7. The minimum Gasteiger partial charge on any atom is -0.497 e. The van der Waals surface area contributed by atoms with Crippen LogP contribution in [0.5, 0.6) is 5.75 Å². The van der Waals surface area contributed by atoms with Gasteiger partial charge < -0.3 is 19.2 Å². The van der Waals surface area contributed by atoms with Crippen LogP contribution in [-0.2, 0) is 16.0 Å². The van der Waals surface area contributed by atoms with Crippen LogP contribution in [0.3, 0.4) is 0 Å². The predicted octanol–water partition coefficient (Wildman–Crippen LogP) is 2.51. The number of unbranched alkanes of at least 4 members (excludes halogenated alkanes) is 1. The van der Waals surface area contributed by atoms with E-state index in [1.807, 2.05) is 24.3 Å². The van der Waals surface area contributed by atoms with Crippen LogP contribution >= 0.6 is 0 Å². The molecule has 1 aliphatic heterocycles. The highest BCUT2D eigenvalue weighted by Gasteiger charge is 2.11. The number of hydrogen-bond acceptors (Lipinski definition) is 6. The molecule has 7 heteroatoms. The van der Waals surface area contributed by atoms with Crippen LogP contribution in [0.15, 0.2) is 34.9 Å². The van der Waals surface area contributed by atoms with Gasteiger partial charge in [0.2, 0.25) is 5.91 Å². The molecule has 2 heterocycles. The maximum absolute atomic E-state index is 12.0. The van der Waals surface area contributed by atoms with Crippen molar-refractivity contribution in [3.05, 3.63) is 36.4 Å². The average Bonchev–Trinajstić information content (AvgIpc) is 3.22. The molecule has 2 aromatic rings. The van der Waals surface area contributed by atoms with E-state index in [1.54, 1.807) is 13.3 Å². The SMILES string of the molecule is COc1ccc(-c2cnc(CCC(=O)NCCCCN3CCOCC3)o2)cc1. The first-order valence-electron chi connectivity index (χ1n) is 9.90. The van der Waals surface area contributed by atoms with Gasteiger partial charge in [-0.2, -0.15) is 0 Å². The Hall–Kier alpha value is -2.38. The van der Waals surface area contributed by atoms with Gasteiger partial charge in [0.15, 0.2) is 11.7 Å². The van der Waals surface area contributed by atoms with Crippen LogP contribution in [0.4, 0.5) is 0 Å². The van der Waals surface area contributed by atoms with Crippen molar-refractivity contribution >= 4 is 5.91 Å². The first kappa shape index (κ1) is 20.4. The first-order valence-corrected chi connectivity index (χ1v) is 9.90. The van der Waals surface area contributed by atoms with Gasteiger partial charge in [-0.15, -0.1) is 0 Å². The summed E-state index contributed by atoms with van der Waals surface area (Å²) in [6.45, 7) is 5.48. The summed E-state index contributed by atoms with van der Waals surface area (Å²) in [5.74, 6) is 2.11. The van der Waals surface area contributed by atoms with Crippen LogP contribution < -0.4 is 10.1 Å². The summed E-state index contributed by atoms with van der Waals surface area (Å²) in [5, 5.41) is 2.98. The van der Waals surface area contributed by atoms with Gasteiger partial charge in [-0.3, -0.25) is 9.69 Å². The fraction of sp³-hybridized carbons (Fsp3) is 0.524. The number of rotatable bonds is 10. The Morgan fingerprint density at radius 1 is 1.21 bits per heavy atom. The molecule has 7 nitrogen and oxygen atoms in total. The number of nitrogens with one attached hydrogen (secondary N) is 1. The molecule has 0 aliphatic carbocycles. The molecule has 1 aromatic heterocycles. The topological polar surface area (TPSA) is 76.8 Å². The molecule has 1 aliphatic rings. The quantitative estimate of drug-likeness (QED) is 0.631. The number of morpholine rings is 1. The molecule has 0 saturated carbocycles. The van der Waals surface area contributed by atoms with Crippen LogP contribution in [0, 0.1) is 0 Å². The highest BCUT2D eigenvalue weighted by Crippen LogP contribution is 2.23. The van der Waals surface area contributed by atoms with E-state index in [4.69, 9.17) is 13.9 Å². The number of ether oxygens (including phenoxy) is 2. The van der Waals surface area contributed by atoms with Crippen molar-refractivity contribution in [3.8, 4) is 17.1 Å². The number of amides is 1. The molecule has 1 amide bonds. The molecule has 0 spiro atoms. The number of aryl methyl sites for hydroxylation is 1. The maximum Gasteiger partial charge on any atom is 0.220 e. The molecule has 152 valence electrons. The van der Waals surface area contributed by atoms with Crippen molar-refractivity contribution in [2.75, 3.05) is 46.5 Å². The Labute approximate surface area is 166 Å². The van der Waals surface area contributed by atoms with Gasteiger partial charge in [0.05, 0.1) is 26.5 Å². The lowest BCUT2D eigenvalue weighted by Gasteiger charge is -2.26. The molecule has 1 N–H and O–H groups in total. The zero-order chi connectivity index (χ0) is 19.6. The smallest absolute Gasteiger partial charge is 0.220 e. The zero-order valence-corrected chi connectivity index (χ0v) is 16.5. The molecule has 1 fully saturated rings. The number of benzene rings is 1. The molecule has 28 heavy (non-hydrogen) atoms. The highest BCUT2D eigenvalue weighted by molar-refractivity contribution is 5.76. The van der Waals surface area contributed by atoms with Crippen molar-refractivity contribution in [2.45, 2.75) is 25.7 Å². The lowest BCUT2D eigenvalue weighted by Crippen LogP contribution is -2.37. The Balaban J connectivity index is 1.31. The van der Waals surface area contributed by atoms with E-state index < -0.39 is 0 Å². The largest absolute Gasteiger partial charge is 0.497 e. The fourth-order valence-corrected chi connectivity index (χ4v) is 3.14. The van der Waals surface area contributed by atoms with Crippen molar-refractivity contribution in [1.29, 1.82) is 0 Å². The summed E-state index contributed by atoms with van der Waals surface area (Å²) >= 11 is 0. The van der Waals surface area contributed by atoms with Gasteiger partial charge in [-0.25, -0.2) is 4.98 Å². The van der Waals surface area contributed by atoms with Crippen LogP contribution in [-0.4, -0.2) is 62.3 Å². The number of oxazole rings is 1. The second-order valence-electron chi connectivity index (χ2n) is 6.86. The van der Waals surface area contributed by atoms with E-state index in [0.717, 1.165) is 57.0 Å². The van der Waals surface area contributed by atoms with Crippen molar-refractivity contribution in [2.24, 2.45) is 0 Å². The summed E-state index contributed by atoms with van der Waals surface area (Å²) in [6.07, 6.45) is 4.65. The summed E-state index contributed by atoms with van der Waals surface area (Å²) < 4.78 is 16.3. The second kappa shape index (κ2) is 10.8. The molecule has 0 bridgehead atoms. The van der Waals surface area contributed by atoms with Crippen LogP contribution in [0.25, 0.3) is 11.3 Å². The Morgan fingerprint density at radius 3 is 2.75 bits per heavy atom. The summed E-state index contributed by atoms with van der Waals surface area (Å²) in [4.78, 5) is 18.7. The molecule has 1 aromatic carbocycles. The van der Waals surface area contributed by atoms with Crippen molar-refractivity contribution in [3.63, 3.8) is 0 Å². The van der Waals surface area contributed by atoms with Crippen LogP contribution in [0.2, 0.25) is 0 Å². The van der Waals surface area contributed by atoms with Gasteiger partial charge in [0.1, 0.15) is 5.75 Å². The minimum absolute atomic E-state index is 0.0376. The Kier molecular flexibility index (Phi) is 7.87. The standard InChI is InChI=1S/C21H29N3O4/c1-26-18-6-4-17(5-7-18)19-16-23-21(28-19)9-8-20(25)22-10-2-3-11-24-12-14-27-15-13-24/h4-7,16H,2-3,8-15H2,1H3,(H,22,25). The predicted molar refractivity (Wildman–Crippen MR) is 106 cm³/mol. The van der Waals surface area contributed by atoms with E-state index in [1.165, 1.54) is 0 Å². The lowest BCUT2D eigenvalue weighted by atomic mass is 10.2. The van der Waals surface area contributed by atoms with E-state index in [0.29, 0.717) is 31.0 Å². The van der Waals surface area contributed by atoms with Gasteiger partial charge in [0, 0.05) is 38.0 Å². The van der Waals surface area contributed by atoms with Gasteiger partial charge >= 0.3 is 0 Å². The van der Waals surface area contributed by atoms with E-state index in [2.05, 4.69) is 15.2 Å². The average molecular weight is 387 g/mol. The maximum atomic E-state index is 12.0. The molecule has 3 rings (SSSR count). The number of carbonyl (C=O) groups excluding carboxylic acids is 1. The number of carbonyl (C=O) groups is 1. The van der Waals surface area contributed by atoms with Gasteiger partial charge in [-0.1, -0.05) is 0 Å². The lowest BCUT2D eigenvalue weighted by molar-refractivity contribution is -0.121. The minimum atomic E-state index is 0.0376. The third-order valence-electron chi connectivity index (χ3n) is 4.82. The third-order valence-corrected chi connectivity index (χ3v) is 4.82. The monoisotopic (exact) mass is 387 g/mol. The van der Waals surface area contributed by atoms with E-state index in [-0.39, 0.29) is 5.91 Å². The molecule has 1 saturated heterocycles. The van der Waals surface area contributed by atoms with Crippen molar-refractivity contribution in [1.82, 2.24) is 15.2 Å². The second-order valence-corrected chi connectivity index (χ2v) is 6.86. The van der Waals surface area contributed by atoms with Crippen LogP contribution in [0.1, 0.15) is 25.2 Å². The van der Waals surface area contributed by atoms with Gasteiger partial charge in [0.25, 0.3) is 0 Å². The molecular weight excluding hydrogens is 358 g/mol. The van der Waals surface area contributed by atoms with E-state index in [9.17, 15) is 4.79 Å². The van der Waals surface area contributed by atoms with Gasteiger partial charge in [-0.05, 0) is 43.7 Å². The summed E-state index contributed by atoms with van der Waals surface area (Å²) in [7, 11) is 1.64. The molecule has 0 unspecified atom stereocenters. The summed E-state index contributed by atoms with van der Waals surface area (Å²) in [6, 6.07) is 7.60.